The fourth-order valence-corrected chi connectivity index (χ4v) is 2.26. The maximum atomic E-state index is 11.9. The number of alkyl halides is 3. The van der Waals surface area contributed by atoms with Gasteiger partial charge in [-0.1, -0.05) is 0 Å². The molecule has 0 unspecified atom stereocenters. The van der Waals surface area contributed by atoms with Gasteiger partial charge in [-0.15, -0.1) is 0 Å². The van der Waals surface area contributed by atoms with Crippen molar-refractivity contribution in [2.45, 2.75) is 56.8 Å². The van der Waals surface area contributed by atoms with Crippen molar-refractivity contribution < 1.29 is 22.7 Å². The molecule has 1 aliphatic rings. The Balaban J connectivity index is 2.04. The minimum Gasteiger partial charge on any atom is -0.444 e. The van der Waals surface area contributed by atoms with Gasteiger partial charge in [0.1, 0.15) is 5.60 Å². The van der Waals surface area contributed by atoms with Crippen molar-refractivity contribution in [3.05, 3.63) is 0 Å². The molecule has 8 heteroatoms. The summed E-state index contributed by atoms with van der Waals surface area (Å²) in [7, 11) is 0. The molecule has 1 amide bonds. The Labute approximate surface area is 121 Å². The minimum atomic E-state index is -4.16. The summed E-state index contributed by atoms with van der Waals surface area (Å²) >= 11 is -0.0243. The zero-order valence-electron chi connectivity index (χ0n) is 11.8. The van der Waals surface area contributed by atoms with E-state index in [1.165, 1.54) is 0 Å². The van der Waals surface area contributed by atoms with E-state index >= 15 is 0 Å². The first-order valence-corrected chi connectivity index (χ1v) is 7.47. The van der Waals surface area contributed by atoms with Gasteiger partial charge in [-0.05, 0) is 45.4 Å². The van der Waals surface area contributed by atoms with Crippen LogP contribution >= 0.6 is 11.8 Å². The molecule has 118 valence electrons. The van der Waals surface area contributed by atoms with Crippen molar-refractivity contribution in [2.75, 3.05) is 12.3 Å². The van der Waals surface area contributed by atoms with Gasteiger partial charge in [0.2, 0.25) is 0 Å². The van der Waals surface area contributed by atoms with Crippen LogP contribution in [-0.2, 0) is 4.74 Å². The van der Waals surface area contributed by atoms with Gasteiger partial charge in [0.15, 0.2) is 0 Å². The third kappa shape index (κ3) is 7.84. The molecule has 1 saturated carbocycles. The van der Waals surface area contributed by atoms with Crippen molar-refractivity contribution in [2.24, 2.45) is 0 Å². The quantitative estimate of drug-likeness (QED) is 0.766. The smallest absolute Gasteiger partial charge is 0.441 e. The molecule has 0 aromatic rings. The van der Waals surface area contributed by atoms with Crippen LogP contribution in [0.4, 0.5) is 18.0 Å². The number of hydrogen-bond donors (Lipinski definition) is 2. The fraction of sp³-hybridized carbons (Fsp3) is 0.917. The Morgan fingerprint density at radius 2 is 1.85 bits per heavy atom. The largest absolute Gasteiger partial charge is 0.444 e. The van der Waals surface area contributed by atoms with Crippen LogP contribution in [0.3, 0.4) is 0 Å². The first-order valence-electron chi connectivity index (χ1n) is 6.49. The van der Waals surface area contributed by atoms with Gasteiger partial charge in [-0.25, -0.2) is 4.79 Å². The number of rotatable bonds is 5. The van der Waals surface area contributed by atoms with Crippen LogP contribution in [-0.4, -0.2) is 41.6 Å². The van der Waals surface area contributed by atoms with E-state index in [0.29, 0.717) is 6.54 Å². The Bertz CT molecular complexity index is 326. The van der Waals surface area contributed by atoms with E-state index < -0.39 is 17.2 Å². The molecule has 0 heterocycles. The van der Waals surface area contributed by atoms with Gasteiger partial charge in [0.05, 0.1) is 0 Å². The number of thioether (sulfide) groups is 1. The first-order chi connectivity index (χ1) is 9.05. The number of hydrogen-bond acceptors (Lipinski definition) is 4. The van der Waals surface area contributed by atoms with Gasteiger partial charge in [-0.2, -0.15) is 13.2 Å². The van der Waals surface area contributed by atoms with E-state index in [-0.39, 0.29) is 29.6 Å². The predicted octanol–water partition coefficient (Wildman–Crippen LogP) is 2.88. The fourth-order valence-electron chi connectivity index (χ4n) is 1.81. The Kier molecular flexibility index (Phi) is 6.00. The van der Waals surface area contributed by atoms with Crippen molar-refractivity contribution >= 4 is 17.9 Å². The van der Waals surface area contributed by atoms with E-state index in [9.17, 15) is 18.0 Å². The van der Waals surface area contributed by atoms with Crippen molar-refractivity contribution in [1.82, 2.24) is 10.6 Å². The third-order valence-corrected chi connectivity index (χ3v) is 3.40. The Hall–Kier alpha value is -0.630. The van der Waals surface area contributed by atoms with E-state index in [4.69, 9.17) is 4.74 Å². The topological polar surface area (TPSA) is 50.4 Å². The molecular formula is C12H21F3N2O2S. The lowest BCUT2D eigenvalue weighted by Crippen LogP contribution is -2.53. The number of carbonyl (C=O) groups is 1. The second kappa shape index (κ2) is 6.89. The zero-order chi connectivity index (χ0) is 15.4. The summed E-state index contributed by atoms with van der Waals surface area (Å²) in [5.74, 6) is 0.00413. The highest BCUT2D eigenvalue weighted by atomic mass is 32.2. The number of carbonyl (C=O) groups excluding carboxylic acids is 1. The average molecular weight is 314 g/mol. The molecule has 0 atom stereocenters. The molecule has 0 aromatic heterocycles. The number of amides is 1. The molecule has 1 fully saturated rings. The zero-order valence-corrected chi connectivity index (χ0v) is 12.7. The first kappa shape index (κ1) is 17.4. The molecule has 0 saturated heterocycles. The normalized spacial score (nSPS) is 23.1. The van der Waals surface area contributed by atoms with Crippen LogP contribution in [0, 0.1) is 0 Å². The minimum absolute atomic E-state index is 0.00413. The highest BCUT2D eigenvalue weighted by Gasteiger charge is 2.32. The summed E-state index contributed by atoms with van der Waals surface area (Å²) in [5.41, 5.74) is -4.69. The summed E-state index contributed by atoms with van der Waals surface area (Å²) in [4.78, 5) is 11.5. The maximum Gasteiger partial charge on any atom is 0.441 e. The summed E-state index contributed by atoms with van der Waals surface area (Å²) < 4.78 is 40.8. The van der Waals surface area contributed by atoms with Gasteiger partial charge >= 0.3 is 11.6 Å². The predicted molar refractivity (Wildman–Crippen MR) is 72.7 cm³/mol. The third-order valence-electron chi connectivity index (χ3n) is 2.66. The summed E-state index contributed by atoms with van der Waals surface area (Å²) in [6.07, 6.45) is 0.986. The van der Waals surface area contributed by atoms with E-state index in [0.717, 1.165) is 12.8 Å². The van der Waals surface area contributed by atoms with Crippen LogP contribution in [0.15, 0.2) is 0 Å². The summed E-state index contributed by atoms with van der Waals surface area (Å²) in [5, 5.41) is 5.76. The average Bonchev–Trinajstić information content (AvgIpc) is 2.15. The van der Waals surface area contributed by atoms with Crippen molar-refractivity contribution in [1.29, 1.82) is 0 Å². The van der Waals surface area contributed by atoms with Crippen molar-refractivity contribution in [3.63, 3.8) is 0 Å². The van der Waals surface area contributed by atoms with Crippen LogP contribution in [0.5, 0.6) is 0 Å². The molecule has 4 nitrogen and oxygen atoms in total. The Morgan fingerprint density at radius 3 is 2.35 bits per heavy atom. The number of nitrogens with one attached hydrogen (secondary N) is 2. The van der Waals surface area contributed by atoms with E-state index in [2.05, 4.69) is 10.6 Å². The second-order valence-corrected chi connectivity index (χ2v) is 6.92. The lowest BCUT2D eigenvalue weighted by molar-refractivity contribution is -0.0328. The Morgan fingerprint density at radius 1 is 1.25 bits per heavy atom. The lowest BCUT2D eigenvalue weighted by atomic mass is 9.87. The molecule has 0 aromatic carbocycles. The molecular weight excluding hydrogens is 293 g/mol. The molecule has 1 aliphatic carbocycles. The van der Waals surface area contributed by atoms with Gasteiger partial charge in [-0.3, -0.25) is 0 Å². The highest BCUT2D eigenvalue weighted by Crippen LogP contribution is 2.29. The molecule has 0 radical (unpaired) electrons. The lowest BCUT2D eigenvalue weighted by Gasteiger charge is -2.36. The molecule has 0 bridgehead atoms. The van der Waals surface area contributed by atoms with Crippen molar-refractivity contribution in [3.8, 4) is 0 Å². The number of halogens is 3. The van der Waals surface area contributed by atoms with Crippen LogP contribution in [0.1, 0.15) is 33.6 Å². The number of alkyl carbamates (subject to hydrolysis) is 1. The van der Waals surface area contributed by atoms with Gasteiger partial charge in [0, 0.05) is 24.4 Å². The maximum absolute atomic E-state index is 11.9. The summed E-state index contributed by atoms with van der Waals surface area (Å²) in [6.45, 7) is 5.68. The SMILES string of the molecule is CC(C)(C)OC(=O)NC1CC(NCCSC(F)(F)F)C1. The monoisotopic (exact) mass is 314 g/mol. The van der Waals surface area contributed by atoms with Crippen LogP contribution < -0.4 is 10.6 Å². The molecule has 2 N–H and O–H groups in total. The van der Waals surface area contributed by atoms with Crippen LogP contribution in [0.2, 0.25) is 0 Å². The molecule has 0 spiro atoms. The number of ether oxygens (including phenoxy) is 1. The second-order valence-electron chi connectivity index (χ2n) is 5.76. The van der Waals surface area contributed by atoms with Gasteiger partial charge < -0.3 is 15.4 Å². The summed E-state index contributed by atoms with van der Waals surface area (Å²) in [6, 6.07) is 0.210. The molecule has 0 aliphatic heterocycles. The standard InChI is InChI=1S/C12H21F3N2O2S/c1-11(2,3)19-10(18)17-9-6-8(7-9)16-4-5-20-12(13,14)15/h8-9,16H,4-7H2,1-3H3,(H,17,18). The van der Waals surface area contributed by atoms with E-state index in [1.54, 1.807) is 20.8 Å². The highest BCUT2D eigenvalue weighted by molar-refractivity contribution is 8.00. The van der Waals surface area contributed by atoms with Crippen LogP contribution in [0.25, 0.3) is 0 Å². The molecule has 20 heavy (non-hydrogen) atoms. The van der Waals surface area contributed by atoms with Gasteiger partial charge in [0.25, 0.3) is 0 Å². The molecule has 1 rings (SSSR count). The van der Waals surface area contributed by atoms with E-state index in [1.807, 2.05) is 0 Å².